The number of para-hydroxylation sites is 1. The van der Waals surface area contributed by atoms with Crippen LogP contribution in [0.2, 0.25) is 0 Å². The Labute approximate surface area is 235 Å². The van der Waals surface area contributed by atoms with Gasteiger partial charge in [-0.1, -0.05) is 18.2 Å². The average molecular weight is 576 g/mol. The number of benzene rings is 1. The Hall–Kier alpha value is -2.51. The summed E-state index contributed by atoms with van der Waals surface area (Å²) in [5, 5.41) is 14.7. The number of nitrogens with zero attached hydrogens (tertiary/aromatic N) is 4. The molecule has 0 saturated carbocycles. The molecular formula is C28H41N5O6S. The number of amides is 1. The number of ether oxygens (including phenoxy) is 1. The van der Waals surface area contributed by atoms with Crippen LogP contribution in [-0.2, 0) is 10.0 Å². The van der Waals surface area contributed by atoms with E-state index in [0.717, 1.165) is 36.6 Å². The number of pyridine rings is 1. The smallest absolute Gasteiger partial charge is 0.404 e. The minimum Gasteiger partial charge on any atom is -0.404 e. The molecule has 0 aliphatic carbocycles. The lowest BCUT2D eigenvalue weighted by Gasteiger charge is -2.41. The Bertz CT molecular complexity index is 1370. The predicted octanol–water partition coefficient (Wildman–Crippen LogP) is 1.60. The summed E-state index contributed by atoms with van der Waals surface area (Å²) < 4.78 is 32.2. The summed E-state index contributed by atoms with van der Waals surface area (Å²) in [6.45, 7) is 7.07. The Balaban J connectivity index is 1.14. The van der Waals surface area contributed by atoms with Crippen molar-refractivity contribution in [2.24, 2.45) is 0 Å². The minimum atomic E-state index is -3.17. The first-order valence-corrected chi connectivity index (χ1v) is 16.1. The number of β-amino-alcohol motifs (C(OH)–C–C–N with tert-alkyl or cyclic N) is 1. The van der Waals surface area contributed by atoms with Crippen molar-refractivity contribution < 1.29 is 23.1 Å². The molecule has 5 rings (SSSR count). The van der Waals surface area contributed by atoms with Crippen LogP contribution >= 0.6 is 0 Å². The van der Waals surface area contributed by atoms with Gasteiger partial charge in [-0.05, 0) is 51.7 Å². The molecule has 1 aromatic heterocycles. The fourth-order valence-corrected chi connectivity index (χ4v) is 7.50. The zero-order chi connectivity index (χ0) is 28.6. The number of fused-ring (bicyclic) bond motifs is 3. The maximum absolute atomic E-state index is 13.1. The van der Waals surface area contributed by atoms with Crippen LogP contribution in [0.4, 0.5) is 4.79 Å². The molecule has 3 aliphatic rings. The van der Waals surface area contributed by atoms with Gasteiger partial charge in [0.25, 0.3) is 5.56 Å². The van der Waals surface area contributed by atoms with Crippen molar-refractivity contribution in [1.82, 2.24) is 24.0 Å². The summed E-state index contributed by atoms with van der Waals surface area (Å²) in [5.41, 5.74) is 0.475. The first-order chi connectivity index (χ1) is 19.0. The number of piperidine rings is 1. The Morgan fingerprint density at radius 1 is 1.07 bits per heavy atom. The molecule has 0 radical (unpaired) electrons. The van der Waals surface area contributed by atoms with E-state index >= 15 is 0 Å². The van der Waals surface area contributed by atoms with E-state index in [0.29, 0.717) is 39.3 Å². The topological polar surface area (TPSA) is 124 Å². The number of carbonyl (C=O) groups is 1. The van der Waals surface area contributed by atoms with E-state index in [1.165, 1.54) is 10.6 Å². The van der Waals surface area contributed by atoms with Crippen molar-refractivity contribution in [3.63, 3.8) is 0 Å². The second kappa shape index (κ2) is 11.8. The fraction of sp³-hybridized carbons (Fsp3) is 0.643. The number of aliphatic hydroxyl groups is 1. The summed E-state index contributed by atoms with van der Waals surface area (Å²) in [4.78, 5) is 30.5. The van der Waals surface area contributed by atoms with E-state index in [1.807, 2.05) is 38.1 Å². The van der Waals surface area contributed by atoms with E-state index in [9.17, 15) is 23.1 Å². The van der Waals surface area contributed by atoms with Crippen LogP contribution in [0.3, 0.4) is 0 Å². The number of piperazine rings is 1. The molecule has 1 amide bonds. The van der Waals surface area contributed by atoms with Crippen molar-refractivity contribution in [3.8, 4) is 5.75 Å². The summed E-state index contributed by atoms with van der Waals surface area (Å²) >= 11 is 0. The Morgan fingerprint density at radius 2 is 1.73 bits per heavy atom. The van der Waals surface area contributed by atoms with E-state index in [4.69, 9.17) is 4.74 Å². The maximum atomic E-state index is 13.1. The fourth-order valence-electron chi connectivity index (χ4n) is 6.67. The van der Waals surface area contributed by atoms with Crippen LogP contribution < -0.4 is 15.6 Å². The van der Waals surface area contributed by atoms with Gasteiger partial charge in [-0.3, -0.25) is 14.6 Å². The van der Waals surface area contributed by atoms with Crippen molar-refractivity contribution in [3.05, 3.63) is 40.7 Å². The van der Waals surface area contributed by atoms with Crippen molar-refractivity contribution >= 4 is 27.0 Å². The lowest BCUT2D eigenvalue weighted by Crippen LogP contribution is -2.55. The molecule has 3 saturated heterocycles. The molecule has 3 fully saturated rings. The molecule has 3 aliphatic heterocycles. The monoisotopic (exact) mass is 575 g/mol. The van der Waals surface area contributed by atoms with Gasteiger partial charge in [0, 0.05) is 68.8 Å². The third-order valence-electron chi connectivity index (χ3n) is 8.53. The van der Waals surface area contributed by atoms with Crippen LogP contribution in [0.15, 0.2) is 35.1 Å². The lowest BCUT2D eigenvalue weighted by atomic mass is 9.97. The number of hydrogen-bond acceptors (Lipinski definition) is 8. The molecule has 4 heterocycles. The van der Waals surface area contributed by atoms with E-state index in [1.54, 1.807) is 10.6 Å². The molecule has 11 nitrogen and oxygen atoms in total. The standard InChI is InChI=1S/C28H41N5O6S/c1-19(2)33-25-7-5-4-6-20(25)14-26(27(33)35)39-28(36)29-21-15-22-8-9-23(16-21)32(22)18-24(34)17-30-10-12-31(13-11-30)40(3,37)38/h4-7,14,19,21-24,34H,8-13,15-18H2,1-3H3,(H,29,36)/t21-,22-,23+,24-/m1/s1. The minimum absolute atomic E-state index is 0.0193. The third kappa shape index (κ3) is 6.36. The van der Waals surface area contributed by atoms with Crippen LogP contribution in [-0.4, -0.2) is 108 Å². The SMILES string of the molecule is CC(C)n1c(=O)c(OC(=O)N[C@@H]2C[C@H]3CC[C@@H](C2)N3C[C@H](O)CN2CCN(S(C)(=O)=O)CC2)cc2ccccc21. The second-order valence-electron chi connectivity index (χ2n) is 11.7. The predicted molar refractivity (Wildman–Crippen MR) is 153 cm³/mol. The van der Waals surface area contributed by atoms with Gasteiger partial charge in [0.1, 0.15) is 0 Å². The van der Waals surface area contributed by atoms with Gasteiger partial charge in [-0.15, -0.1) is 0 Å². The molecule has 2 bridgehead atoms. The van der Waals surface area contributed by atoms with Gasteiger partial charge < -0.3 is 19.7 Å². The third-order valence-corrected chi connectivity index (χ3v) is 9.83. The molecule has 1 aromatic carbocycles. The summed E-state index contributed by atoms with van der Waals surface area (Å²) in [7, 11) is -3.17. The highest BCUT2D eigenvalue weighted by atomic mass is 32.2. The molecule has 2 N–H and O–H groups in total. The quantitative estimate of drug-likeness (QED) is 0.487. The van der Waals surface area contributed by atoms with Gasteiger partial charge in [-0.2, -0.15) is 4.31 Å². The van der Waals surface area contributed by atoms with Crippen LogP contribution in [0, 0.1) is 0 Å². The molecule has 0 spiro atoms. The maximum Gasteiger partial charge on any atom is 0.413 e. The van der Waals surface area contributed by atoms with Crippen molar-refractivity contribution in [2.45, 2.75) is 69.8 Å². The van der Waals surface area contributed by atoms with Crippen molar-refractivity contribution in [2.75, 3.05) is 45.5 Å². The van der Waals surface area contributed by atoms with Gasteiger partial charge >= 0.3 is 6.09 Å². The summed E-state index contributed by atoms with van der Waals surface area (Å²) in [6, 6.07) is 9.57. The lowest BCUT2D eigenvalue weighted by molar-refractivity contribution is 0.0282. The Morgan fingerprint density at radius 3 is 2.35 bits per heavy atom. The molecular weight excluding hydrogens is 534 g/mol. The van der Waals surface area contributed by atoms with Gasteiger partial charge in [-0.25, -0.2) is 13.2 Å². The summed E-state index contributed by atoms with van der Waals surface area (Å²) in [5.74, 6) is 0.0193. The van der Waals surface area contributed by atoms with Crippen LogP contribution in [0.5, 0.6) is 5.75 Å². The number of hydrogen-bond donors (Lipinski definition) is 2. The number of aliphatic hydroxyl groups excluding tert-OH is 1. The first-order valence-electron chi connectivity index (χ1n) is 14.2. The van der Waals surface area contributed by atoms with E-state index in [2.05, 4.69) is 15.1 Å². The second-order valence-corrected chi connectivity index (χ2v) is 13.7. The highest BCUT2D eigenvalue weighted by Crippen LogP contribution is 2.36. The van der Waals surface area contributed by atoms with Crippen LogP contribution in [0.25, 0.3) is 10.9 Å². The summed E-state index contributed by atoms with van der Waals surface area (Å²) in [6.07, 6.45) is 3.64. The number of rotatable bonds is 8. The van der Waals surface area contributed by atoms with E-state index in [-0.39, 0.29) is 35.5 Å². The molecule has 40 heavy (non-hydrogen) atoms. The van der Waals surface area contributed by atoms with Gasteiger partial charge in [0.2, 0.25) is 10.0 Å². The Kier molecular flexibility index (Phi) is 8.53. The average Bonchev–Trinajstić information content (AvgIpc) is 3.10. The molecule has 2 aromatic rings. The molecule has 220 valence electrons. The number of carbonyl (C=O) groups excluding carboxylic acids is 1. The zero-order valence-corrected chi connectivity index (χ0v) is 24.3. The van der Waals surface area contributed by atoms with Gasteiger partial charge in [0.05, 0.1) is 17.9 Å². The highest BCUT2D eigenvalue weighted by molar-refractivity contribution is 7.88. The number of sulfonamides is 1. The zero-order valence-electron chi connectivity index (χ0n) is 23.5. The molecule has 0 unspecified atom stereocenters. The van der Waals surface area contributed by atoms with Crippen molar-refractivity contribution in [1.29, 1.82) is 0 Å². The van der Waals surface area contributed by atoms with Gasteiger partial charge in [0.15, 0.2) is 5.75 Å². The van der Waals surface area contributed by atoms with Crippen LogP contribution in [0.1, 0.15) is 45.6 Å². The normalized spacial score (nSPS) is 25.4. The number of nitrogens with one attached hydrogen (secondary N) is 1. The highest BCUT2D eigenvalue weighted by Gasteiger charge is 2.42. The molecule has 4 atom stereocenters. The van der Waals surface area contributed by atoms with E-state index < -0.39 is 22.2 Å². The first kappa shape index (κ1) is 29.0. The number of aromatic nitrogens is 1. The largest absolute Gasteiger partial charge is 0.413 e. The molecule has 12 heteroatoms.